The highest BCUT2D eigenvalue weighted by molar-refractivity contribution is 7.92. The van der Waals surface area contributed by atoms with Gasteiger partial charge in [-0.15, -0.1) is 0 Å². The molecule has 2 aromatic rings. The minimum Gasteiger partial charge on any atom is -0.326 e. The van der Waals surface area contributed by atoms with Crippen molar-refractivity contribution in [1.82, 2.24) is 5.32 Å². The van der Waals surface area contributed by atoms with E-state index < -0.39 is 33.4 Å². The van der Waals surface area contributed by atoms with Gasteiger partial charge in [0.2, 0.25) is 0 Å². The lowest BCUT2D eigenvalue weighted by atomic mass is 9.87. The number of hydrogen-bond acceptors (Lipinski definition) is 4. The van der Waals surface area contributed by atoms with Crippen molar-refractivity contribution in [3.05, 3.63) is 71.4 Å². The first-order valence-corrected chi connectivity index (χ1v) is 11.3. The van der Waals surface area contributed by atoms with E-state index >= 15 is 0 Å². The van der Waals surface area contributed by atoms with Crippen LogP contribution in [0.15, 0.2) is 59.6 Å². The molecule has 1 amide bonds. The molecule has 0 radical (unpaired) electrons. The number of nitriles is 1. The second-order valence-electron chi connectivity index (χ2n) is 8.35. The highest BCUT2D eigenvalue weighted by Crippen LogP contribution is 2.33. The van der Waals surface area contributed by atoms with Gasteiger partial charge in [-0.3, -0.25) is 9.52 Å². The molecule has 0 aliphatic rings. The van der Waals surface area contributed by atoms with Crippen LogP contribution in [0.2, 0.25) is 0 Å². The molecule has 2 aromatic carbocycles. The second kappa shape index (κ2) is 9.67. The molecular weight excluding hydrogens is 455 g/mol. The van der Waals surface area contributed by atoms with Crippen LogP contribution in [0.4, 0.5) is 18.9 Å². The first-order chi connectivity index (χ1) is 15.1. The zero-order valence-electron chi connectivity index (χ0n) is 18.4. The van der Waals surface area contributed by atoms with Gasteiger partial charge in [0.1, 0.15) is 0 Å². The van der Waals surface area contributed by atoms with Crippen molar-refractivity contribution in [2.75, 3.05) is 4.72 Å². The molecule has 2 rings (SSSR count). The molecule has 0 spiro atoms. The number of anilines is 1. The maximum atomic E-state index is 13.2. The highest BCUT2D eigenvalue weighted by Gasteiger charge is 2.32. The number of rotatable bonds is 7. The van der Waals surface area contributed by atoms with Crippen LogP contribution < -0.4 is 10.0 Å². The first-order valence-electron chi connectivity index (χ1n) is 9.86. The van der Waals surface area contributed by atoms with Crippen molar-refractivity contribution in [2.45, 2.75) is 50.1 Å². The molecule has 0 fully saturated rings. The van der Waals surface area contributed by atoms with Gasteiger partial charge in [0.25, 0.3) is 15.9 Å². The van der Waals surface area contributed by atoms with Gasteiger partial charge < -0.3 is 5.32 Å². The predicted octanol–water partition coefficient (Wildman–Crippen LogP) is 5.35. The number of sulfonamides is 1. The second-order valence-corrected chi connectivity index (χ2v) is 10.0. The Morgan fingerprint density at radius 3 is 2.15 bits per heavy atom. The Balaban J connectivity index is 2.44. The summed E-state index contributed by atoms with van der Waals surface area (Å²) >= 11 is 0. The van der Waals surface area contributed by atoms with Crippen LogP contribution in [0, 0.1) is 11.3 Å². The third-order valence-corrected chi connectivity index (χ3v) is 6.08. The van der Waals surface area contributed by atoms with Gasteiger partial charge in [0.05, 0.1) is 27.8 Å². The zero-order chi connectivity index (χ0) is 25.0. The Hall–Kier alpha value is -3.32. The molecule has 176 valence electrons. The maximum Gasteiger partial charge on any atom is 0.416 e. The Kier molecular flexibility index (Phi) is 7.60. The normalized spacial score (nSPS) is 12.0. The number of nitrogens with one attached hydrogen (secondary N) is 2. The summed E-state index contributed by atoms with van der Waals surface area (Å²) in [5, 5.41) is 11.0. The number of hydrogen-bond donors (Lipinski definition) is 2. The number of carbonyl (C=O) groups is 1. The summed E-state index contributed by atoms with van der Waals surface area (Å²) in [4.78, 5) is 12.4. The van der Waals surface area contributed by atoms with Crippen LogP contribution in [-0.2, 0) is 21.6 Å². The topological polar surface area (TPSA) is 99.1 Å². The van der Waals surface area contributed by atoms with Crippen LogP contribution in [0.25, 0.3) is 0 Å². The van der Waals surface area contributed by atoms with Crippen molar-refractivity contribution in [2.24, 2.45) is 0 Å². The standard InChI is InChI=1S/C23H24F3N3O3S/c1-15(6-5-13-27)28-21(30)19-12-9-17(23(24,25)26)14-20(19)29-33(31,32)18-10-7-16(8-11-18)22(2,3)4/h7-12,14,29H,1,5-6H2,2-4H3,(H,28,30). The lowest BCUT2D eigenvalue weighted by Gasteiger charge is -2.19. The Labute approximate surface area is 191 Å². The Morgan fingerprint density at radius 2 is 1.64 bits per heavy atom. The van der Waals surface area contributed by atoms with E-state index in [1.165, 1.54) is 12.1 Å². The monoisotopic (exact) mass is 479 g/mol. The van der Waals surface area contributed by atoms with Crippen LogP contribution in [0.1, 0.15) is 55.1 Å². The molecule has 10 heteroatoms. The number of benzene rings is 2. The van der Waals surface area contributed by atoms with Crippen LogP contribution in [-0.4, -0.2) is 14.3 Å². The molecule has 0 aliphatic heterocycles. The van der Waals surface area contributed by atoms with Crippen molar-refractivity contribution in [3.63, 3.8) is 0 Å². The SMILES string of the molecule is C=C(CCC#N)NC(=O)c1ccc(C(F)(F)F)cc1NS(=O)(=O)c1ccc(C(C)(C)C)cc1. The average molecular weight is 480 g/mol. The van der Waals surface area contributed by atoms with Crippen LogP contribution in [0.3, 0.4) is 0 Å². The van der Waals surface area contributed by atoms with Crippen molar-refractivity contribution in [1.29, 1.82) is 5.26 Å². The Morgan fingerprint density at radius 1 is 1.06 bits per heavy atom. The van der Waals surface area contributed by atoms with E-state index in [4.69, 9.17) is 5.26 Å². The quantitative estimate of drug-likeness (QED) is 0.559. The summed E-state index contributed by atoms with van der Waals surface area (Å²) in [6.07, 6.45) is -4.53. The van der Waals surface area contributed by atoms with Gasteiger partial charge in [-0.25, -0.2) is 8.42 Å². The number of carbonyl (C=O) groups excluding carboxylic acids is 1. The van der Waals surface area contributed by atoms with Gasteiger partial charge in [0.15, 0.2) is 0 Å². The number of halogens is 3. The summed E-state index contributed by atoms with van der Waals surface area (Å²) in [5.74, 6) is -0.854. The summed E-state index contributed by atoms with van der Waals surface area (Å²) < 4.78 is 67.6. The highest BCUT2D eigenvalue weighted by atomic mass is 32.2. The average Bonchev–Trinajstić information content (AvgIpc) is 2.70. The fourth-order valence-corrected chi connectivity index (χ4v) is 3.91. The first kappa shape index (κ1) is 25.9. The fourth-order valence-electron chi connectivity index (χ4n) is 2.84. The molecule has 0 aromatic heterocycles. The van der Waals surface area contributed by atoms with E-state index in [1.54, 1.807) is 12.1 Å². The van der Waals surface area contributed by atoms with E-state index in [2.05, 4.69) is 16.6 Å². The molecule has 0 heterocycles. The predicted molar refractivity (Wildman–Crippen MR) is 119 cm³/mol. The maximum absolute atomic E-state index is 13.2. The zero-order valence-corrected chi connectivity index (χ0v) is 19.2. The van der Waals surface area contributed by atoms with Gasteiger partial charge in [-0.1, -0.05) is 39.5 Å². The molecule has 2 N–H and O–H groups in total. The molecule has 0 saturated heterocycles. The van der Waals surface area contributed by atoms with Gasteiger partial charge in [-0.05, 0) is 47.7 Å². The van der Waals surface area contributed by atoms with E-state index in [9.17, 15) is 26.4 Å². The Bertz CT molecular complexity index is 1190. The van der Waals surface area contributed by atoms with Crippen molar-refractivity contribution in [3.8, 4) is 6.07 Å². The molecular formula is C23H24F3N3O3S. The van der Waals surface area contributed by atoms with Crippen LogP contribution in [0.5, 0.6) is 0 Å². The lowest BCUT2D eigenvalue weighted by molar-refractivity contribution is -0.137. The largest absolute Gasteiger partial charge is 0.416 e. The molecule has 0 unspecified atom stereocenters. The van der Waals surface area contributed by atoms with E-state index in [0.29, 0.717) is 12.1 Å². The van der Waals surface area contributed by atoms with Crippen LogP contribution >= 0.6 is 0 Å². The third kappa shape index (κ3) is 6.83. The van der Waals surface area contributed by atoms with Crippen molar-refractivity contribution < 1.29 is 26.4 Å². The minimum absolute atomic E-state index is 0.0795. The smallest absolute Gasteiger partial charge is 0.326 e. The van der Waals surface area contributed by atoms with Gasteiger partial charge >= 0.3 is 6.18 Å². The molecule has 6 nitrogen and oxygen atoms in total. The van der Waals surface area contributed by atoms with E-state index in [-0.39, 0.29) is 34.4 Å². The molecule has 0 saturated carbocycles. The summed E-state index contributed by atoms with van der Waals surface area (Å²) in [6, 6.07) is 9.94. The number of alkyl halides is 3. The third-order valence-electron chi connectivity index (χ3n) is 4.70. The summed E-state index contributed by atoms with van der Waals surface area (Å²) in [5.41, 5.74) is -1.16. The minimum atomic E-state index is -4.75. The summed E-state index contributed by atoms with van der Waals surface area (Å²) in [6.45, 7) is 9.45. The molecule has 33 heavy (non-hydrogen) atoms. The number of amides is 1. The van der Waals surface area contributed by atoms with E-state index in [0.717, 1.165) is 11.6 Å². The van der Waals surface area contributed by atoms with Crippen molar-refractivity contribution >= 4 is 21.6 Å². The van der Waals surface area contributed by atoms with E-state index in [1.807, 2.05) is 26.8 Å². The molecule has 0 aliphatic carbocycles. The molecule has 0 atom stereocenters. The summed E-state index contributed by atoms with van der Waals surface area (Å²) in [7, 11) is -4.30. The fraction of sp³-hybridized carbons (Fsp3) is 0.304. The number of allylic oxidation sites excluding steroid dienone is 1. The number of nitrogens with zero attached hydrogens (tertiary/aromatic N) is 1. The lowest BCUT2D eigenvalue weighted by Crippen LogP contribution is -2.25. The molecule has 0 bridgehead atoms. The van der Waals surface area contributed by atoms with Gasteiger partial charge in [-0.2, -0.15) is 18.4 Å². The van der Waals surface area contributed by atoms with Gasteiger partial charge in [0, 0.05) is 12.1 Å².